The maximum absolute atomic E-state index is 12.6. The molecule has 0 radical (unpaired) electrons. The summed E-state index contributed by atoms with van der Waals surface area (Å²) in [6.07, 6.45) is 3.20. The Morgan fingerprint density at radius 1 is 1.08 bits per heavy atom. The van der Waals surface area contributed by atoms with E-state index in [2.05, 4.69) is 5.16 Å². The summed E-state index contributed by atoms with van der Waals surface area (Å²) in [4.78, 5) is 22.9. The maximum atomic E-state index is 12.6. The molecule has 6 nitrogen and oxygen atoms in total. The topological polar surface area (TPSA) is 86.2 Å². The highest BCUT2D eigenvalue weighted by atomic mass is 16.6. The van der Waals surface area contributed by atoms with Crippen LogP contribution in [0.1, 0.15) is 27.2 Å². The van der Waals surface area contributed by atoms with Crippen LogP contribution in [0.5, 0.6) is 0 Å². The molecule has 1 heterocycles. The molecular formula is C20H16N2O4. The fourth-order valence-corrected chi connectivity index (χ4v) is 2.53. The lowest BCUT2D eigenvalue weighted by molar-refractivity contribution is -0.384. The first-order chi connectivity index (χ1) is 12.5. The molecule has 0 unspecified atom stereocenters. The van der Waals surface area contributed by atoms with Crippen LogP contribution in [-0.2, 0) is 0 Å². The van der Waals surface area contributed by atoms with E-state index in [0.29, 0.717) is 22.6 Å². The lowest BCUT2D eigenvalue weighted by Gasteiger charge is -2.00. The Morgan fingerprint density at radius 2 is 1.73 bits per heavy atom. The summed E-state index contributed by atoms with van der Waals surface area (Å²) in [5.74, 6) is 0.162. The van der Waals surface area contributed by atoms with Gasteiger partial charge in [-0.3, -0.25) is 14.9 Å². The molecule has 130 valence electrons. The first-order valence-corrected chi connectivity index (χ1v) is 7.96. The number of benzene rings is 2. The van der Waals surface area contributed by atoms with Crippen molar-refractivity contribution in [2.75, 3.05) is 0 Å². The minimum absolute atomic E-state index is 0.0267. The highest BCUT2D eigenvalue weighted by Gasteiger charge is 2.20. The Kier molecular flexibility index (Phi) is 4.75. The van der Waals surface area contributed by atoms with Crippen LogP contribution >= 0.6 is 0 Å². The van der Waals surface area contributed by atoms with E-state index in [4.69, 9.17) is 4.52 Å². The van der Waals surface area contributed by atoms with E-state index in [0.717, 1.165) is 11.1 Å². The molecule has 0 bridgehead atoms. The van der Waals surface area contributed by atoms with Crippen LogP contribution in [0.25, 0.3) is 17.3 Å². The van der Waals surface area contributed by atoms with Gasteiger partial charge in [-0.2, -0.15) is 0 Å². The van der Waals surface area contributed by atoms with Crippen LogP contribution in [0.15, 0.2) is 59.1 Å². The number of nitrogens with zero attached hydrogens (tertiary/aromatic N) is 2. The number of hydrogen-bond donors (Lipinski definition) is 0. The second-order valence-corrected chi connectivity index (χ2v) is 5.87. The van der Waals surface area contributed by atoms with Gasteiger partial charge < -0.3 is 4.52 Å². The van der Waals surface area contributed by atoms with E-state index in [1.54, 1.807) is 25.1 Å². The Bertz CT molecular complexity index is 984. The number of hydrogen-bond acceptors (Lipinski definition) is 5. The number of carbonyl (C=O) groups excluding carboxylic acids is 1. The van der Waals surface area contributed by atoms with Gasteiger partial charge in [0.1, 0.15) is 11.5 Å². The van der Waals surface area contributed by atoms with Gasteiger partial charge in [-0.05, 0) is 37.6 Å². The van der Waals surface area contributed by atoms with Crippen LogP contribution in [0.4, 0.5) is 5.69 Å². The third-order valence-corrected chi connectivity index (χ3v) is 3.97. The van der Waals surface area contributed by atoms with E-state index in [-0.39, 0.29) is 11.5 Å². The summed E-state index contributed by atoms with van der Waals surface area (Å²) in [5, 5.41) is 14.7. The van der Waals surface area contributed by atoms with Gasteiger partial charge >= 0.3 is 0 Å². The minimum Gasteiger partial charge on any atom is -0.360 e. The van der Waals surface area contributed by atoms with Crippen LogP contribution in [0.2, 0.25) is 0 Å². The van der Waals surface area contributed by atoms with Crippen molar-refractivity contribution in [2.24, 2.45) is 0 Å². The molecular weight excluding hydrogens is 332 g/mol. The van der Waals surface area contributed by atoms with E-state index in [1.807, 2.05) is 31.2 Å². The highest BCUT2D eigenvalue weighted by molar-refractivity contribution is 6.11. The number of rotatable bonds is 5. The monoisotopic (exact) mass is 348 g/mol. The number of nitro benzene ring substituents is 1. The highest BCUT2D eigenvalue weighted by Crippen LogP contribution is 2.27. The van der Waals surface area contributed by atoms with Crippen molar-refractivity contribution in [3.8, 4) is 11.3 Å². The molecule has 0 spiro atoms. The lowest BCUT2D eigenvalue weighted by Crippen LogP contribution is -1.98. The Balaban J connectivity index is 1.90. The molecule has 26 heavy (non-hydrogen) atoms. The van der Waals surface area contributed by atoms with Gasteiger partial charge in [0, 0.05) is 17.7 Å². The molecule has 0 saturated heterocycles. The Labute approximate surface area is 149 Å². The van der Waals surface area contributed by atoms with Gasteiger partial charge in [0.15, 0.2) is 5.78 Å². The summed E-state index contributed by atoms with van der Waals surface area (Å²) in [6.45, 7) is 3.66. The van der Waals surface area contributed by atoms with E-state index >= 15 is 0 Å². The number of nitro groups is 1. The number of aromatic nitrogens is 1. The zero-order chi connectivity index (χ0) is 18.7. The van der Waals surface area contributed by atoms with Gasteiger partial charge in [0.05, 0.1) is 10.5 Å². The standard InChI is InChI=1S/C20H16N2O4/c1-13-3-5-15(6-4-13)7-12-18(23)19-14(2)26-21-20(19)16-8-10-17(11-9-16)22(24)25/h3-12H,1-2H3/b12-7+. The van der Waals surface area contributed by atoms with Crippen molar-refractivity contribution in [1.82, 2.24) is 5.16 Å². The molecule has 0 N–H and O–H groups in total. The number of non-ortho nitro benzene ring substituents is 1. The second kappa shape index (κ2) is 7.14. The maximum Gasteiger partial charge on any atom is 0.269 e. The summed E-state index contributed by atoms with van der Waals surface area (Å²) in [7, 11) is 0. The zero-order valence-electron chi connectivity index (χ0n) is 14.3. The lowest BCUT2D eigenvalue weighted by atomic mass is 10.0. The number of ketones is 1. The molecule has 0 aliphatic carbocycles. The third-order valence-electron chi connectivity index (χ3n) is 3.97. The van der Waals surface area contributed by atoms with Gasteiger partial charge in [-0.15, -0.1) is 0 Å². The summed E-state index contributed by atoms with van der Waals surface area (Å²) < 4.78 is 5.18. The fourth-order valence-electron chi connectivity index (χ4n) is 2.53. The molecule has 0 atom stereocenters. The first-order valence-electron chi connectivity index (χ1n) is 7.96. The van der Waals surface area contributed by atoms with Crippen molar-refractivity contribution >= 4 is 17.5 Å². The van der Waals surface area contributed by atoms with Crippen LogP contribution in [0, 0.1) is 24.0 Å². The third kappa shape index (κ3) is 3.59. The van der Waals surface area contributed by atoms with Crippen LogP contribution in [0.3, 0.4) is 0 Å². The van der Waals surface area contributed by atoms with Crippen molar-refractivity contribution in [1.29, 1.82) is 0 Å². The largest absolute Gasteiger partial charge is 0.360 e. The molecule has 0 amide bonds. The van der Waals surface area contributed by atoms with Gasteiger partial charge in [0.25, 0.3) is 5.69 Å². The fraction of sp³-hybridized carbons (Fsp3) is 0.100. The van der Waals surface area contributed by atoms with Crippen molar-refractivity contribution in [3.63, 3.8) is 0 Å². The molecule has 6 heteroatoms. The summed E-state index contributed by atoms with van der Waals surface area (Å²) in [5.41, 5.74) is 3.33. The van der Waals surface area contributed by atoms with E-state index < -0.39 is 4.92 Å². The number of aryl methyl sites for hydroxylation is 2. The van der Waals surface area contributed by atoms with Gasteiger partial charge in [-0.1, -0.05) is 41.1 Å². The number of allylic oxidation sites excluding steroid dienone is 1. The van der Waals surface area contributed by atoms with Crippen molar-refractivity contribution in [2.45, 2.75) is 13.8 Å². The molecule has 2 aromatic carbocycles. The van der Waals surface area contributed by atoms with Crippen molar-refractivity contribution < 1.29 is 14.2 Å². The molecule has 0 aliphatic heterocycles. The van der Waals surface area contributed by atoms with Crippen LogP contribution < -0.4 is 0 Å². The predicted molar refractivity (Wildman–Crippen MR) is 97.9 cm³/mol. The zero-order valence-corrected chi connectivity index (χ0v) is 14.3. The molecule has 3 aromatic rings. The molecule has 0 aliphatic rings. The molecule has 0 saturated carbocycles. The molecule has 3 rings (SSSR count). The average Bonchev–Trinajstić information content (AvgIpc) is 3.02. The molecule has 0 fully saturated rings. The number of carbonyl (C=O) groups is 1. The normalized spacial score (nSPS) is 11.0. The summed E-state index contributed by atoms with van der Waals surface area (Å²) >= 11 is 0. The van der Waals surface area contributed by atoms with Gasteiger partial charge in [0.2, 0.25) is 0 Å². The molecule has 1 aromatic heterocycles. The van der Waals surface area contributed by atoms with Crippen molar-refractivity contribution in [3.05, 3.63) is 87.2 Å². The van der Waals surface area contributed by atoms with E-state index in [1.165, 1.54) is 18.2 Å². The predicted octanol–water partition coefficient (Wildman–Crippen LogP) is 4.76. The minimum atomic E-state index is -0.478. The SMILES string of the molecule is Cc1ccc(/C=C/C(=O)c2c(-c3ccc([N+](=O)[O-])cc3)noc2C)cc1. The summed E-state index contributed by atoms with van der Waals surface area (Å²) in [6, 6.07) is 13.6. The second-order valence-electron chi connectivity index (χ2n) is 5.87. The van der Waals surface area contributed by atoms with Gasteiger partial charge in [-0.25, -0.2) is 0 Å². The van der Waals surface area contributed by atoms with Crippen LogP contribution in [-0.4, -0.2) is 15.9 Å². The smallest absolute Gasteiger partial charge is 0.269 e. The average molecular weight is 348 g/mol. The Hall–Kier alpha value is -3.54. The quantitative estimate of drug-likeness (QED) is 0.287. The Morgan fingerprint density at radius 3 is 2.35 bits per heavy atom. The first kappa shape index (κ1) is 17.3. The van der Waals surface area contributed by atoms with E-state index in [9.17, 15) is 14.9 Å².